The Kier molecular flexibility index (Phi) is 7.39. The molecule has 0 spiro atoms. The summed E-state index contributed by atoms with van der Waals surface area (Å²) in [7, 11) is 0. The number of hydrogen-bond acceptors (Lipinski definition) is 6. The first-order valence-corrected chi connectivity index (χ1v) is 10.4. The molecule has 1 amide bonds. The predicted octanol–water partition coefficient (Wildman–Crippen LogP) is 3.51. The van der Waals surface area contributed by atoms with Gasteiger partial charge in [-0.2, -0.15) is 0 Å². The SMILES string of the molecule is Cc1cc(C)cc(OCC(=O)OCC(=O)N[C@H](c2ccc3c(c2)OCCO3)C(C)C)c1. The molecule has 166 valence electrons. The van der Waals surface area contributed by atoms with Gasteiger partial charge in [0.25, 0.3) is 5.91 Å². The van der Waals surface area contributed by atoms with Crippen LogP contribution >= 0.6 is 0 Å². The van der Waals surface area contributed by atoms with Gasteiger partial charge in [-0.25, -0.2) is 4.79 Å². The summed E-state index contributed by atoms with van der Waals surface area (Å²) in [5, 5.41) is 2.93. The first-order chi connectivity index (χ1) is 14.8. The predicted molar refractivity (Wildman–Crippen MR) is 116 cm³/mol. The maximum Gasteiger partial charge on any atom is 0.344 e. The van der Waals surface area contributed by atoms with E-state index in [4.69, 9.17) is 18.9 Å². The summed E-state index contributed by atoms with van der Waals surface area (Å²) in [4.78, 5) is 24.4. The van der Waals surface area contributed by atoms with Crippen LogP contribution < -0.4 is 19.5 Å². The molecule has 2 aromatic rings. The molecule has 31 heavy (non-hydrogen) atoms. The maximum absolute atomic E-state index is 12.4. The summed E-state index contributed by atoms with van der Waals surface area (Å²) >= 11 is 0. The number of aryl methyl sites for hydroxylation is 2. The van der Waals surface area contributed by atoms with Crippen molar-refractivity contribution in [3.8, 4) is 17.2 Å². The van der Waals surface area contributed by atoms with Crippen molar-refractivity contribution in [3.63, 3.8) is 0 Å². The average molecular weight is 427 g/mol. The summed E-state index contributed by atoms with van der Waals surface area (Å²) in [5.41, 5.74) is 2.99. The van der Waals surface area contributed by atoms with E-state index in [0.717, 1.165) is 16.7 Å². The zero-order chi connectivity index (χ0) is 22.4. The number of carbonyl (C=O) groups excluding carboxylic acids is 2. The van der Waals surface area contributed by atoms with Gasteiger partial charge in [0.2, 0.25) is 0 Å². The lowest BCUT2D eigenvalue weighted by Gasteiger charge is -2.25. The van der Waals surface area contributed by atoms with E-state index in [1.807, 2.05) is 64.1 Å². The van der Waals surface area contributed by atoms with Gasteiger partial charge in [-0.1, -0.05) is 26.0 Å². The van der Waals surface area contributed by atoms with Crippen molar-refractivity contribution in [2.45, 2.75) is 33.7 Å². The monoisotopic (exact) mass is 427 g/mol. The van der Waals surface area contributed by atoms with Crippen LogP contribution in [0.5, 0.6) is 17.2 Å². The quantitative estimate of drug-likeness (QED) is 0.649. The first kappa shape index (κ1) is 22.5. The van der Waals surface area contributed by atoms with Crippen molar-refractivity contribution in [2.24, 2.45) is 5.92 Å². The van der Waals surface area contributed by atoms with Crippen LogP contribution in [-0.4, -0.2) is 38.3 Å². The van der Waals surface area contributed by atoms with Crippen LogP contribution in [0.15, 0.2) is 36.4 Å². The molecule has 7 nitrogen and oxygen atoms in total. The number of hydrogen-bond donors (Lipinski definition) is 1. The van der Waals surface area contributed by atoms with E-state index in [1.165, 1.54) is 0 Å². The summed E-state index contributed by atoms with van der Waals surface area (Å²) in [6.07, 6.45) is 0. The number of carbonyl (C=O) groups is 2. The number of nitrogens with one attached hydrogen (secondary N) is 1. The molecule has 0 saturated carbocycles. The molecule has 3 rings (SSSR count). The highest BCUT2D eigenvalue weighted by Gasteiger charge is 2.22. The molecule has 1 N–H and O–H groups in total. The molecule has 0 bridgehead atoms. The second-order valence-corrected chi connectivity index (χ2v) is 7.97. The lowest BCUT2D eigenvalue weighted by molar-refractivity contribution is -0.150. The lowest BCUT2D eigenvalue weighted by atomic mass is 9.95. The minimum atomic E-state index is -0.602. The molecular weight excluding hydrogens is 398 g/mol. The minimum Gasteiger partial charge on any atom is -0.486 e. The zero-order valence-corrected chi connectivity index (χ0v) is 18.4. The average Bonchev–Trinajstić information content (AvgIpc) is 2.73. The number of ether oxygens (including phenoxy) is 4. The van der Waals surface area contributed by atoms with Crippen LogP contribution in [0, 0.1) is 19.8 Å². The summed E-state index contributed by atoms with van der Waals surface area (Å²) < 4.78 is 21.7. The van der Waals surface area contributed by atoms with Gasteiger partial charge in [-0.15, -0.1) is 0 Å². The first-order valence-electron chi connectivity index (χ1n) is 10.4. The highest BCUT2D eigenvalue weighted by molar-refractivity contribution is 5.81. The van der Waals surface area contributed by atoms with Crippen molar-refractivity contribution in [2.75, 3.05) is 26.4 Å². The largest absolute Gasteiger partial charge is 0.486 e. The molecule has 0 aliphatic carbocycles. The number of amides is 1. The molecule has 0 radical (unpaired) electrons. The van der Waals surface area contributed by atoms with Gasteiger partial charge in [0.05, 0.1) is 6.04 Å². The summed E-state index contributed by atoms with van der Waals surface area (Å²) in [6.45, 7) is 8.31. The van der Waals surface area contributed by atoms with Crippen molar-refractivity contribution in [3.05, 3.63) is 53.1 Å². The highest BCUT2D eigenvalue weighted by Crippen LogP contribution is 2.34. The Morgan fingerprint density at radius 1 is 0.968 bits per heavy atom. The lowest BCUT2D eigenvalue weighted by Crippen LogP contribution is -2.35. The summed E-state index contributed by atoms with van der Waals surface area (Å²) in [6, 6.07) is 11.1. The van der Waals surface area contributed by atoms with Gasteiger partial charge < -0.3 is 24.3 Å². The molecule has 0 fully saturated rings. The zero-order valence-electron chi connectivity index (χ0n) is 18.4. The Bertz CT molecular complexity index is 919. The fraction of sp³-hybridized carbons (Fsp3) is 0.417. The molecule has 2 aromatic carbocycles. The third kappa shape index (κ3) is 6.38. The molecule has 0 saturated heterocycles. The van der Waals surface area contributed by atoms with Gasteiger partial charge in [0, 0.05) is 0 Å². The molecular formula is C24H29NO6. The van der Waals surface area contributed by atoms with E-state index in [9.17, 15) is 9.59 Å². The Morgan fingerprint density at radius 3 is 2.32 bits per heavy atom. The van der Waals surface area contributed by atoms with E-state index < -0.39 is 5.97 Å². The standard InChI is InChI=1S/C24H29NO6/c1-15(2)24(18-5-6-20-21(12-18)29-8-7-28-20)25-22(26)13-31-23(27)14-30-19-10-16(3)9-17(4)11-19/h5-6,9-12,15,24H,7-8,13-14H2,1-4H3,(H,25,26)/t24-/m0/s1. The number of benzene rings is 2. The molecule has 0 aromatic heterocycles. The van der Waals surface area contributed by atoms with E-state index in [1.54, 1.807) is 0 Å². The molecule has 1 aliphatic rings. The van der Waals surface area contributed by atoms with Crippen molar-refractivity contribution in [1.82, 2.24) is 5.32 Å². The Morgan fingerprint density at radius 2 is 1.65 bits per heavy atom. The molecule has 7 heteroatoms. The van der Waals surface area contributed by atoms with Crippen LogP contribution in [0.2, 0.25) is 0 Å². The Balaban J connectivity index is 1.51. The number of esters is 1. The minimum absolute atomic E-state index is 0.120. The fourth-order valence-corrected chi connectivity index (χ4v) is 3.45. The smallest absolute Gasteiger partial charge is 0.344 e. The topological polar surface area (TPSA) is 83.1 Å². The van der Waals surface area contributed by atoms with E-state index in [0.29, 0.717) is 30.5 Å². The third-order valence-electron chi connectivity index (χ3n) is 4.82. The molecule has 1 heterocycles. The maximum atomic E-state index is 12.4. The second kappa shape index (κ2) is 10.2. The third-order valence-corrected chi connectivity index (χ3v) is 4.82. The molecule has 1 atom stereocenters. The normalized spacial score (nSPS) is 13.5. The fourth-order valence-electron chi connectivity index (χ4n) is 3.45. The Hall–Kier alpha value is -3.22. The van der Waals surface area contributed by atoms with Gasteiger partial charge in [0.15, 0.2) is 24.7 Å². The van der Waals surface area contributed by atoms with Gasteiger partial charge >= 0.3 is 5.97 Å². The van der Waals surface area contributed by atoms with Crippen LogP contribution in [-0.2, 0) is 14.3 Å². The highest BCUT2D eigenvalue weighted by atomic mass is 16.6. The van der Waals surface area contributed by atoms with Crippen LogP contribution in [0.3, 0.4) is 0 Å². The van der Waals surface area contributed by atoms with Crippen molar-refractivity contribution >= 4 is 11.9 Å². The molecule has 1 aliphatic heterocycles. The van der Waals surface area contributed by atoms with E-state index in [2.05, 4.69) is 5.32 Å². The van der Waals surface area contributed by atoms with Gasteiger partial charge in [-0.3, -0.25) is 4.79 Å². The molecule has 0 unspecified atom stereocenters. The number of fused-ring (bicyclic) bond motifs is 1. The van der Waals surface area contributed by atoms with Gasteiger partial charge in [-0.05, 0) is 60.7 Å². The summed E-state index contributed by atoms with van der Waals surface area (Å²) in [5.74, 6) is 1.09. The second-order valence-electron chi connectivity index (χ2n) is 7.97. The van der Waals surface area contributed by atoms with Crippen molar-refractivity contribution < 1.29 is 28.5 Å². The van der Waals surface area contributed by atoms with E-state index in [-0.39, 0.29) is 31.1 Å². The number of rotatable bonds is 8. The van der Waals surface area contributed by atoms with Gasteiger partial charge in [0.1, 0.15) is 19.0 Å². The van der Waals surface area contributed by atoms with Crippen LogP contribution in [0.1, 0.15) is 36.6 Å². The van der Waals surface area contributed by atoms with Crippen molar-refractivity contribution in [1.29, 1.82) is 0 Å². The Labute approximate surface area is 182 Å². The van der Waals surface area contributed by atoms with E-state index >= 15 is 0 Å². The van der Waals surface area contributed by atoms with Crippen LogP contribution in [0.4, 0.5) is 0 Å². The van der Waals surface area contributed by atoms with Crippen LogP contribution in [0.25, 0.3) is 0 Å².